The maximum absolute atomic E-state index is 3.59. The summed E-state index contributed by atoms with van der Waals surface area (Å²) in [6, 6.07) is 0.637. The molecule has 1 N–H and O–H groups in total. The highest BCUT2D eigenvalue weighted by Gasteiger charge is 2.26. The standard InChI is InChI=1S/C16H32N2/c1-13(2)17-10-16-7-8-18(12-16)11-15-6-4-5-14(3)9-15/h13-17H,4-12H2,1-3H3. The van der Waals surface area contributed by atoms with Crippen LogP contribution in [0, 0.1) is 17.8 Å². The van der Waals surface area contributed by atoms with Gasteiger partial charge < -0.3 is 10.2 Å². The van der Waals surface area contributed by atoms with E-state index in [1.165, 1.54) is 58.3 Å². The zero-order valence-electron chi connectivity index (χ0n) is 12.6. The van der Waals surface area contributed by atoms with Crippen LogP contribution in [0.15, 0.2) is 0 Å². The van der Waals surface area contributed by atoms with Crippen molar-refractivity contribution in [2.45, 2.75) is 58.9 Å². The molecule has 1 aliphatic heterocycles. The Labute approximate surface area is 114 Å². The molecule has 0 bridgehead atoms. The fourth-order valence-corrected chi connectivity index (χ4v) is 3.74. The van der Waals surface area contributed by atoms with E-state index in [0.29, 0.717) is 6.04 Å². The van der Waals surface area contributed by atoms with E-state index in [4.69, 9.17) is 0 Å². The Kier molecular flexibility index (Phi) is 5.50. The molecule has 2 rings (SSSR count). The highest BCUT2D eigenvalue weighted by Crippen LogP contribution is 2.30. The first-order valence-corrected chi connectivity index (χ1v) is 8.09. The minimum absolute atomic E-state index is 0.637. The summed E-state index contributed by atoms with van der Waals surface area (Å²) >= 11 is 0. The Morgan fingerprint density at radius 3 is 2.72 bits per heavy atom. The van der Waals surface area contributed by atoms with Gasteiger partial charge in [0.25, 0.3) is 0 Å². The second-order valence-corrected chi connectivity index (χ2v) is 7.12. The van der Waals surface area contributed by atoms with Crippen molar-refractivity contribution in [3.63, 3.8) is 0 Å². The molecule has 106 valence electrons. The van der Waals surface area contributed by atoms with E-state index < -0.39 is 0 Å². The van der Waals surface area contributed by atoms with Gasteiger partial charge >= 0.3 is 0 Å². The second kappa shape index (κ2) is 6.91. The van der Waals surface area contributed by atoms with E-state index in [1.54, 1.807) is 0 Å². The summed E-state index contributed by atoms with van der Waals surface area (Å²) in [6.45, 7) is 12.2. The summed E-state index contributed by atoms with van der Waals surface area (Å²) in [5, 5.41) is 3.59. The highest BCUT2D eigenvalue weighted by atomic mass is 15.2. The van der Waals surface area contributed by atoms with Crippen molar-refractivity contribution in [3.05, 3.63) is 0 Å². The second-order valence-electron chi connectivity index (χ2n) is 7.12. The van der Waals surface area contributed by atoms with E-state index in [2.05, 4.69) is 31.0 Å². The van der Waals surface area contributed by atoms with Crippen LogP contribution in [-0.4, -0.2) is 37.1 Å². The van der Waals surface area contributed by atoms with E-state index in [0.717, 1.165) is 17.8 Å². The molecule has 1 aliphatic carbocycles. The first-order valence-electron chi connectivity index (χ1n) is 8.09. The van der Waals surface area contributed by atoms with Gasteiger partial charge in [-0.05, 0) is 50.1 Å². The lowest BCUT2D eigenvalue weighted by Crippen LogP contribution is -2.33. The van der Waals surface area contributed by atoms with Crippen LogP contribution in [-0.2, 0) is 0 Å². The van der Waals surface area contributed by atoms with Gasteiger partial charge in [0.05, 0.1) is 0 Å². The fraction of sp³-hybridized carbons (Fsp3) is 1.00. The predicted octanol–water partition coefficient (Wildman–Crippen LogP) is 3.13. The lowest BCUT2D eigenvalue weighted by Gasteiger charge is -2.30. The highest BCUT2D eigenvalue weighted by molar-refractivity contribution is 4.81. The molecule has 18 heavy (non-hydrogen) atoms. The zero-order chi connectivity index (χ0) is 13.0. The van der Waals surface area contributed by atoms with E-state index in [1.807, 2.05) is 0 Å². The van der Waals surface area contributed by atoms with Gasteiger partial charge in [0.1, 0.15) is 0 Å². The molecule has 1 heterocycles. The van der Waals surface area contributed by atoms with Crippen LogP contribution in [0.5, 0.6) is 0 Å². The summed E-state index contributed by atoms with van der Waals surface area (Å²) in [4.78, 5) is 2.73. The first-order chi connectivity index (χ1) is 8.63. The molecule has 1 saturated heterocycles. The normalized spacial score (nSPS) is 34.3. The van der Waals surface area contributed by atoms with Crippen LogP contribution in [0.25, 0.3) is 0 Å². The molecule has 2 nitrogen and oxygen atoms in total. The van der Waals surface area contributed by atoms with E-state index in [-0.39, 0.29) is 0 Å². The number of rotatable bonds is 5. The quantitative estimate of drug-likeness (QED) is 0.809. The van der Waals surface area contributed by atoms with E-state index in [9.17, 15) is 0 Å². The molecule has 0 aromatic heterocycles. The number of hydrogen-bond acceptors (Lipinski definition) is 2. The number of nitrogens with one attached hydrogen (secondary N) is 1. The molecule has 0 amide bonds. The van der Waals surface area contributed by atoms with Crippen molar-refractivity contribution in [2.75, 3.05) is 26.2 Å². The average molecular weight is 252 g/mol. The maximum Gasteiger partial charge on any atom is 0.00224 e. The van der Waals surface area contributed by atoms with Crippen molar-refractivity contribution in [1.29, 1.82) is 0 Å². The Hall–Kier alpha value is -0.0800. The van der Waals surface area contributed by atoms with Crippen molar-refractivity contribution >= 4 is 0 Å². The number of hydrogen-bond donors (Lipinski definition) is 1. The Morgan fingerprint density at radius 2 is 2.00 bits per heavy atom. The molecule has 3 unspecified atom stereocenters. The SMILES string of the molecule is CC1CCCC(CN2CCC(CNC(C)C)C2)C1. The molecule has 0 aromatic carbocycles. The van der Waals surface area contributed by atoms with Gasteiger partial charge in [0.15, 0.2) is 0 Å². The Balaban J connectivity index is 1.66. The van der Waals surface area contributed by atoms with Gasteiger partial charge in [-0.15, -0.1) is 0 Å². The third kappa shape index (κ3) is 4.55. The lowest BCUT2D eigenvalue weighted by molar-refractivity contribution is 0.199. The molecular weight excluding hydrogens is 220 g/mol. The fourth-order valence-electron chi connectivity index (χ4n) is 3.74. The number of likely N-dealkylation sites (tertiary alicyclic amines) is 1. The van der Waals surface area contributed by atoms with Crippen LogP contribution < -0.4 is 5.32 Å². The molecule has 3 atom stereocenters. The Morgan fingerprint density at radius 1 is 1.17 bits per heavy atom. The summed E-state index contributed by atoms with van der Waals surface area (Å²) in [5.41, 5.74) is 0. The van der Waals surface area contributed by atoms with Crippen molar-refractivity contribution in [2.24, 2.45) is 17.8 Å². The zero-order valence-corrected chi connectivity index (χ0v) is 12.6. The third-order valence-electron chi connectivity index (χ3n) is 4.75. The van der Waals surface area contributed by atoms with Crippen LogP contribution in [0.4, 0.5) is 0 Å². The van der Waals surface area contributed by atoms with E-state index >= 15 is 0 Å². The summed E-state index contributed by atoms with van der Waals surface area (Å²) < 4.78 is 0. The maximum atomic E-state index is 3.59. The average Bonchev–Trinajstić information content (AvgIpc) is 2.74. The third-order valence-corrected chi connectivity index (χ3v) is 4.75. The van der Waals surface area contributed by atoms with Crippen LogP contribution in [0.2, 0.25) is 0 Å². The molecular formula is C16H32N2. The lowest BCUT2D eigenvalue weighted by atomic mass is 9.82. The Bertz CT molecular complexity index is 239. The van der Waals surface area contributed by atoms with Crippen molar-refractivity contribution in [3.8, 4) is 0 Å². The van der Waals surface area contributed by atoms with Gasteiger partial charge in [-0.3, -0.25) is 0 Å². The first kappa shape index (κ1) is 14.3. The minimum Gasteiger partial charge on any atom is -0.314 e. The molecule has 1 saturated carbocycles. The molecule has 0 aromatic rings. The van der Waals surface area contributed by atoms with Gasteiger partial charge in [0, 0.05) is 19.1 Å². The van der Waals surface area contributed by atoms with Crippen LogP contribution in [0.1, 0.15) is 52.9 Å². The monoisotopic (exact) mass is 252 g/mol. The van der Waals surface area contributed by atoms with Gasteiger partial charge in [0.2, 0.25) is 0 Å². The summed E-state index contributed by atoms with van der Waals surface area (Å²) in [6.07, 6.45) is 7.30. The topological polar surface area (TPSA) is 15.3 Å². The molecule has 2 fully saturated rings. The molecule has 2 aliphatic rings. The summed E-state index contributed by atoms with van der Waals surface area (Å²) in [7, 11) is 0. The van der Waals surface area contributed by atoms with Gasteiger partial charge in [-0.2, -0.15) is 0 Å². The largest absolute Gasteiger partial charge is 0.314 e. The summed E-state index contributed by atoms with van der Waals surface area (Å²) in [5.74, 6) is 2.86. The van der Waals surface area contributed by atoms with Gasteiger partial charge in [-0.1, -0.05) is 33.6 Å². The van der Waals surface area contributed by atoms with Crippen molar-refractivity contribution in [1.82, 2.24) is 10.2 Å². The molecule has 0 radical (unpaired) electrons. The van der Waals surface area contributed by atoms with Crippen LogP contribution >= 0.6 is 0 Å². The van der Waals surface area contributed by atoms with Gasteiger partial charge in [-0.25, -0.2) is 0 Å². The number of nitrogens with zero attached hydrogens (tertiary/aromatic N) is 1. The minimum atomic E-state index is 0.637. The predicted molar refractivity (Wildman–Crippen MR) is 78.8 cm³/mol. The van der Waals surface area contributed by atoms with Crippen LogP contribution in [0.3, 0.4) is 0 Å². The molecule has 0 spiro atoms. The molecule has 2 heteroatoms. The van der Waals surface area contributed by atoms with Crippen molar-refractivity contribution < 1.29 is 0 Å². The smallest absolute Gasteiger partial charge is 0.00224 e.